The zero-order valence-corrected chi connectivity index (χ0v) is 8.70. The number of aliphatic carboxylic acids is 1. The van der Waals surface area contributed by atoms with Crippen molar-refractivity contribution in [2.75, 3.05) is 0 Å². The van der Waals surface area contributed by atoms with E-state index >= 15 is 0 Å². The van der Waals surface area contributed by atoms with Crippen LogP contribution in [0.1, 0.15) is 5.56 Å². The van der Waals surface area contributed by atoms with E-state index in [2.05, 4.69) is 10.2 Å². The first-order valence-corrected chi connectivity index (χ1v) is 4.84. The quantitative estimate of drug-likeness (QED) is 0.647. The van der Waals surface area contributed by atoms with Gasteiger partial charge in [-0.05, 0) is 29.5 Å². The lowest BCUT2D eigenvalue weighted by Gasteiger charge is -2.01. The number of fused-ring (bicyclic) bond motifs is 1. The van der Waals surface area contributed by atoms with E-state index in [0.717, 1.165) is 11.5 Å². The highest BCUT2D eigenvalue weighted by Gasteiger charge is 2.04. The van der Waals surface area contributed by atoms with Gasteiger partial charge in [-0.3, -0.25) is 4.98 Å². The second-order valence-corrected chi connectivity index (χ2v) is 3.37. The molecule has 1 N–H and O–H groups in total. The Hall–Kier alpha value is -2.56. The van der Waals surface area contributed by atoms with Crippen LogP contribution in [0.15, 0.2) is 41.7 Å². The van der Waals surface area contributed by atoms with Crippen molar-refractivity contribution in [2.24, 2.45) is 5.18 Å². The summed E-state index contributed by atoms with van der Waals surface area (Å²) in [7, 11) is 0. The first-order valence-electron chi connectivity index (χ1n) is 4.84. The Bertz CT molecular complexity index is 620. The van der Waals surface area contributed by atoms with Crippen molar-refractivity contribution in [1.29, 1.82) is 0 Å². The van der Waals surface area contributed by atoms with E-state index in [1.807, 2.05) is 6.07 Å². The second-order valence-electron chi connectivity index (χ2n) is 3.37. The predicted molar refractivity (Wildman–Crippen MR) is 63.9 cm³/mol. The number of carbonyl (C=O) groups is 1. The van der Waals surface area contributed by atoms with Gasteiger partial charge in [-0.15, -0.1) is 4.91 Å². The summed E-state index contributed by atoms with van der Waals surface area (Å²) in [5.74, 6) is -1.08. The van der Waals surface area contributed by atoms with Gasteiger partial charge in [0.25, 0.3) is 0 Å². The molecule has 1 aromatic heterocycles. The molecule has 0 radical (unpaired) electrons. The van der Waals surface area contributed by atoms with Crippen LogP contribution in [-0.4, -0.2) is 16.1 Å². The molecule has 84 valence electrons. The van der Waals surface area contributed by atoms with Crippen LogP contribution in [0.4, 0.5) is 5.69 Å². The maximum absolute atomic E-state index is 10.7. The van der Waals surface area contributed by atoms with Crippen molar-refractivity contribution in [3.63, 3.8) is 0 Å². The molecule has 0 fully saturated rings. The third kappa shape index (κ3) is 2.34. The Morgan fingerprint density at radius 1 is 1.41 bits per heavy atom. The van der Waals surface area contributed by atoms with Gasteiger partial charge in [0, 0.05) is 23.2 Å². The Morgan fingerprint density at radius 2 is 2.24 bits per heavy atom. The molecule has 2 rings (SSSR count). The molecule has 0 aliphatic rings. The zero-order valence-electron chi connectivity index (χ0n) is 8.70. The van der Waals surface area contributed by atoms with Crippen LogP contribution in [-0.2, 0) is 4.79 Å². The molecule has 5 nitrogen and oxygen atoms in total. The minimum Gasteiger partial charge on any atom is -0.478 e. The van der Waals surface area contributed by atoms with E-state index in [1.165, 1.54) is 6.08 Å². The maximum atomic E-state index is 10.7. The van der Waals surface area contributed by atoms with Crippen LogP contribution in [0.5, 0.6) is 0 Å². The Labute approximate surface area is 96.4 Å². The smallest absolute Gasteiger partial charge is 0.328 e. The topological polar surface area (TPSA) is 79.6 Å². The third-order valence-electron chi connectivity index (χ3n) is 2.26. The van der Waals surface area contributed by atoms with Crippen molar-refractivity contribution >= 4 is 28.6 Å². The summed E-state index contributed by atoms with van der Waals surface area (Å²) in [6.45, 7) is 0. The zero-order chi connectivity index (χ0) is 12.3. The number of pyridine rings is 1. The molecular formula is C12H8N2O3. The average Bonchev–Trinajstić information content (AvgIpc) is 2.35. The van der Waals surface area contributed by atoms with Gasteiger partial charge < -0.3 is 5.11 Å². The number of hydrogen-bond acceptors (Lipinski definition) is 4. The SMILES string of the molecule is O=Nc1cc2cccnc2cc1/C=C/C(=O)O. The van der Waals surface area contributed by atoms with E-state index in [4.69, 9.17) is 5.11 Å². The minimum atomic E-state index is -1.08. The monoisotopic (exact) mass is 228 g/mol. The fraction of sp³-hybridized carbons (Fsp3) is 0. The van der Waals surface area contributed by atoms with Gasteiger partial charge in [0.1, 0.15) is 5.69 Å². The molecule has 0 aliphatic carbocycles. The summed E-state index contributed by atoms with van der Waals surface area (Å²) >= 11 is 0. The second kappa shape index (κ2) is 4.52. The van der Waals surface area contributed by atoms with Crippen LogP contribution in [0, 0.1) is 4.91 Å². The highest BCUT2D eigenvalue weighted by Crippen LogP contribution is 2.26. The number of hydrogen-bond donors (Lipinski definition) is 1. The predicted octanol–water partition coefficient (Wildman–Crippen LogP) is 2.73. The number of carboxylic acids is 1. The third-order valence-corrected chi connectivity index (χ3v) is 2.26. The molecule has 0 saturated carbocycles. The average molecular weight is 228 g/mol. The highest BCUT2D eigenvalue weighted by molar-refractivity contribution is 5.90. The van der Waals surface area contributed by atoms with Crippen LogP contribution in [0.25, 0.3) is 17.0 Å². The van der Waals surface area contributed by atoms with E-state index in [0.29, 0.717) is 11.1 Å². The summed E-state index contributed by atoms with van der Waals surface area (Å²) in [4.78, 5) is 25.2. The van der Waals surface area contributed by atoms with Crippen LogP contribution < -0.4 is 0 Å². The molecule has 5 heteroatoms. The summed E-state index contributed by atoms with van der Waals surface area (Å²) < 4.78 is 0. The molecule has 17 heavy (non-hydrogen) atoms. The van der Waals surface area contributed by atoms with Gasteiger partial charge in [-0.1, -0.05) is 6.07 Å². The van der Waals surface area contributed by atoms with Crippen LogP contribution in [0.3, 0.4) is 0 Å². The fourth-order valence-corrected chi connectivity index (χ4v) is 1.50. The van der Waals surface area contributed by atoms with Gasteiger partial charge in [-0.2, -0.15) is 0 Å². The molecule has 0 spiro atoms. The van der Waals surface area contributed by atoms with Crippen molar-refractivity contribution < 1.29 is 9.90 Å². The van der Waals surface area contributed by atoms with Gasteiger partial charge in [0.2, 0.25) is 0 Å². The number of benzene rings is 1. The molecule has 0 bridgehead atoms. The molecule has 0 atom stereocenters. The molecule has 0 aliphatic heterocycles. The van der Waals surface area contributed by atoms with E-state index in [1.54, 1.807) is 24.4 Å². The first kappa shape index (κ1) is 10.9. The summed E-state index contributed by atoms with van der Waals surface area (Å²) in [6.07, 6.45) is 3.91. The molecule has 1 aromatic carbocycles. The summed E-state index contributed by atoms with van der Waals surface area (Å²) in [6, 6.07) is 6.77. The number of aromatic nitrogens is 1. The lowest BCUT2D eigenvalue weighted by molar-refractivity contribution is -0.131. The Balaban J connectivity index is 2.60. The molecule has 0 amide bonds. The lowest BCUT2D eigenvalue weighted by Crippen LogP contribution is -1.86. The van der Waals surface area contributed by atoms with E-state index in [-0.39, 0.29) is 5.69 Å². The standard InChI is InChI=1S/C12H8N2O3/c15-12(16)4-3-9-6-10-8(2-1-5-13-10)7-11(9)14-17/h1-7H,(H,15,16)/b4-3+. The van der Waals surface area contributed by atoms with Crippen LogP contribution >= 0.6 is 0 Å². The molecular weight excluding hydrogens is 220 g/mol. The largest absolute Gasteiger partial charge is 0.478 e. The summed E-state index contributed by atoms with van der Waals surface area (Å²) in [5.41, 5.74) is 1.32. The van der Waals surface area contributed by atoms with Gasteiger partial charge >= 0.3 is 5.97 Å². The Morgan fingerprint density at radius 3 is 2.94 bits per heavy atom. The molecule has 0 saturated heterocycles. The van der Waals surface area contributed by atoms with E-state index in [9.17, 15) is 9.70 Å². The van der Waals surface area contributed by atoms with Crippen molar-refractivity contribution in [3.8, 4) is 0 Å². The number of nitroso groups, excluding NO2 is 1. The molecule has 0 unspecified atom stereocenters. The van der Waals surface area contributed by atoms with Crippen molar-refractivity contribution in [3.05, 3.63) is 47.0 Å². The minimum absolute atomic E-state index is 0.197. The molecule has 2 aromatic rings. The first-order chi connectivity index (χ1) is 8.20. The maximum Gasteiger partial charge on any atom is 0.328 e. The fourth-order valence-electron chi connectivity index (χ4n) is 1.50. The van der Waals surface area contributed by atoms with E-state index < -0.39 is 5.97 Å². The van der Waals surface area contributed by atoms with Gasteiger partial charge in [0.05, 0.1) is 5.52 Å². The highest BCUT2D eigenvalue weighted by atomic mass is 16.4. The summed E-state index contributed by atoms with van der Waals surface area (Å²) in [5, 5.41) is 12.2. The number of rotatable bonds is 3. The number of carboxylic acid groups (broad SMARTS) is 1. The molecule has 1 heterocycles. The normalized spacial score (nSPS) is 10.8. The van der Waals surface area contributed by atoms with Gasteiger partial charge in [-0.25, -0.2) is 4.79 Å². The van der Waals surface area contributed by atoms with Crippen LogP contribution in [0.2, 0.25) is 0 Å². The lowest BCUT2D eigenvalue weighted by atomic mass is 10.1. The van der Waals surface area contributed by atoms with Gasteiger partial charge in [0.15, 0.2) is 0 Å². The van der Waals surface area contributed by atoms with Crippen molar-refractivity contribution in [2.45, 2.75) is 0 Å². The Kier molecular flexibility index (Phi) is 2.91. The number of nitrogens with zero attached hydrogens (tertiary/aromatic N) is 2. The van der Waals surface area contributed by atoms with Crippen molar-refractivity contribution in [1.82, 2.24) is 4.98 Å².